The Bertz CT molecular complexity index is 1000. The summed E-state index contributed by atoms with van der Waals surface area (Å²) in [5.74, 6) is -0.607. The van der Waals surface area contributed by atoms with Crippen LogP contribution in [0.1, 0.15) is 23.6 Å². The second-order valence-corrected chi connectivity index (χ2v) is 7.69. The van der Waals surface area contributed by atoms with E-state index in [2.05, 4.69) is 0 Å². The highest BCUT2D eigenvalue weighted by Gasteiger charge is 2.64. The molecule has 148 valence electrons. The highest BCUT2D eigenvalue weighted by molar-refractivity contribution is 6.24. The van der Waals surface area contributed by atoms with Gasteiger partial charge in [-0.25, -0.2) is 9.91 Å². The molecule has 3 atom stereocenters. The van der Waals surface area contributed by atoms with Gasteiger partial charge >= 0.3 is 0 Å². The number of nitrogens with zero attached hydrogens (tertiary/aromatic N) is 3. The molecular formula is C22H21N3O4. The average molecular weight is 391 g/mol. The lowest BCUT2D eigenvalue weighted by Crippen LogP contribution is -2.45. The Morgan fingerprint density at radius 2 is 1.59 bits per heavy atom. The standard InChI is InChI=1S/C22H21N3O4/c1-13-3-7-15(8-4-13)24-21(27)18-19(14-5-9-16(29-2)10-6-14)23-12-11-17(26)25(23)20(18)22(24)28/h3-10,18-20H,11-12H2,1-2H3/t18-,19+,20+/m0/s1. The molecule has 0 radical (unpaired) electrons. The van der Waals surface area contributed by atoms with Crippen molar-refractivity contribution in [2.45, 2.75) is 25.4 Å². The van der Waals surface area contributed by atoms with Gasteiger partial charge in [-0.15, -0.1) is 0 Å². The number of ether oxygens (including phenoxy) is 1. The minimum atomic E-state index is -0.786. The molecule has 3 aliphatic heterocycles. The van der Waals surface area contributed by atoms with Gasteiger partial charge in [-0.2, -0.15) is 0 Å². The molecule has 2 aromatic rings. The molecule has 3 fully saturated rings. The Morgan fingerprint density at radius 3 is 2.24 bits per heavy atom. The quantitative estimate of drug-likeness (QED) is 0.749. The van der Waals surface area contributed by atoms with Gasteiger partial charge in [0.05, 0.1) is 24.8 Å². The number of benzene rings is 2. The lowest BCUT2D eigenvalue weighted by molar-refractivity contribution is -0.143. The van der Waals surface area contributed by atoms with E-state index in [4.69, 9.17) is 4.74 Å². The van der Waals surface area contributed by atoms with Gasteiger partial charge in [0, 0.05) is 13.0 Å². The van der Waals surface area contributed by atoms with E-state index >= 15 is 0 Å². The number of amides is 3. The van der Waals surface area contributed by atoms with Crippen LogP contribution in [0.3, 0.4) is 0 Å². The molecule has 0 bridgehead atoms. The molecule has 0 spiro atoms. The van der Waals surface area contributed by atoms with Crippen LogP contribution in [0.15, 0.2) is 48.5 Å². The van der Waals surface area contributed by atoms with Crippen molar-refractivity contribution in [2.24, 2.45) is 5.92 Å². The van der Waals surface area contributed by atoms with E-state index in [0.29, 0.717) is 24.4 Å². The van der Waals surface area contributed by atoms with Gasteiger partial charge in [0.15, 0.2) is 0 Å². The van der Waals surface area contributed by atoms with Crippen molar-refractivity contribution < 1.29 is 19.1 Å². The summed E-state index contributed by atoms with van der Waals surface area (Å²) in [7, 11) is 1.60. The monoisotopic (exact) mass is 391 g/mol. The number of hydrazine groups is 1. The van der Waals surface area contributed by atoms with Crippen molar-refractivity contribution in [3.8, 4) is 5.75 Å². The first-order valence-electron chi connectivity index (χ1n) is 9.68. The van der Waals surface area contributed by atoms with Crippen LogP contribution >= 0.6 is 0 Å². The summed E-state index contributed by atoms with van der Waals surface area (Å²) in [6.45, 7) is 2.46. The van der Waals surface area contributed by atoms with Crippen LogP contribution in [0.4, 0.5) is 5.69 Å². The van der Waals surface area contributed by atoms with Crippen LogP contribution in [0.2, 0.25) is 0 Å². The molecule has 5 rings (SSSR count). The fourth-order valence-electron chi connectivity index (χ4n) is 4.72. The first-order valence-corrected chi connectivity index (χ1v) is 9.68. The van der Waals surface area contributed by atoms with Gasteiger partial charge in [-0.3, -0.25) is 19.4 Å². The highest BCUT2D eigenvalue weighted by atomic mass is 16.5. The van der Waals surface area contributed by atoms with Crippen molar-refractivity contribution in [3.63, 3.8) is 0 Å². The first kappa shape index (κ1) is 17.9. The SMILES string of the molecule is COc1ccc([C@@H]2[C@@H]3C(=O)N(c4ccc(C)cc4)C(=O)[C@@H]3N3C(=O)CCN23)cc1. The number of aryl methyl sites for hydroxylation is 1. The largest absolute Gasteiger partial charge is 0.497 e. The zero-order chi connectivity index (χ0) is 20.3. The van der Waals surface area contributed by atoms with Gasteiger partial charge in [0.2, 0.25) is 11.8 Å². The predicted octanol–water partition coefficient (Wildman–Crippen LogP) is 2.07. The summed E-state index contributed by atoms with van der Waals surface area (Å²) < 4.78 is 5.24. The second kappa shape index (κ2) is 6.42. The van der Waals surface area contributed by atoms with Gasteiger partial charge in [-0.1, -0.05) is 29.8 Å². The molecule has 3 saturated heterocycles. The van der Waals surface area contributed by atoms with E-state index in [-0.39, 0.29) is 23.8 Å². The number of fused-ring (bicyclic) bond motifs is 3. The maximum Gasteiger partial charge on any atom is 0.259 e. The number of imide groups is 1. The molecule has 2 aromatic carbocycles. The summed E-state index contributed by atoms with van der Waals surface area (Å²) in [6, 6.07) is 13.6. The van der Waals surface area contributed by atoms with E-state index < -0.39 is 12.0 Å². The van der Waals surface area contributed by atoms with Crippen molar-refractivity contribution >= 4 is 23.4 Å². The van der Waals surface area contributed by atoms with Gasteiger partial charge in [-0.05, 0) is 36.8 Å². The van der Waals surface area contributed by atoms with Gasteiger partial charge < -0.3 is 4.74 Å². The van der Waals surface area contributed by atoms with Crippen LogP contribution < -0.4 is 9.64 Å². The van der Waals surface area contributed by atoms with Crippen LogP contribution in [0, 0.1) is 12.8 Å². The molecule has 0 aromatic heterocycles. The zero-order valence-corrected chi connectivity index (χ0v) is 16.2. The molecule has 29 heavy (non-hydrogen) atoms. The fourth-order valence-corrected chi connectivity index (χ4v) is 4.72. The number of carbonyl (C=O) groups excluding carboxylic acids is 3. The Balaban J connectivity index is 1.58. The third-order valence-electron chi connectivity index (χ3n) is 6.08. The van der Waals surface area contributed by atoms with Crippen molar-refractivity contribution in [1.29, 1.82) is 0 Å². The molecule has 3 amide bonds. The molecule has 0 saturated carbocycles. The van der Waals surface area contributed by atoms with E-state index in [1.54, 1.807) is 19.2 Å². The van der Waals surface area contributed by atoms with E-state index in [9.17, 15) is 14.4 Å². The first-order chi connectivity index (χ1) is 14.0. The summed E-state index contributed by atoms with van der Waals surface area (Å²) in [5, 5.41) is 3.41. The van der Waals surface area contributed by atoms with E-state index in [0.717, 1.165) is 11.1 Å². The molecular weight excluding hydrogens is 370 g/mol. The maximum absolute atomic E-state index is 13.4. The van der Waals surface area contributed by atoms with Gasteiger partial charge in [0.25, 0.3) is 5.91 Å². The lowest BCUT2D eigenvalue weighted by Gasteiger charge is -2.29. The number of hydrogen-bond donors (Lipinski definition) is 0. The van der Waals surface area contributed by atoms with E-state index in [1.165, 1.54) is 9.91 Å². The minimum absolute atomic E-state index is 0.108. The highest BCUT2D eigenvalue weighted by Crippen LogP contribution is 2.49. The number of rotatable bonds is 3. The zero-order valence-electron chi connectivity index (χ0n) is 16.2. The third-order valence-corrected chi connectivity index (χ3v) is 6.08. The summed E-state index contributed by atoms with van der Waals surface area (Å²) in [4.78, 5) is 40.6. The second-order valence-electron chi connectivity index (χ2n) is 7.69. The summed E-state index contributed by atoms with van der Waals surface area (Å²) in [5.41, 5.74) is 2.49. The topological polar surface area (TPSA) is 70.2 Å². The molecule has 0 N–H and O–H groups in total. The molecule has 0 aliphatic carbocycles. The molecule has 3 aliphatic rings. The summed E-state index contributed by atoms with van der Waals surface area (Å²) >= 11 is 0. The molecule has 7 nitrogen and oxygen atoms in total. The Hall–Kier alpha value is -3.19. The minimum Gasteiger partial charge on any atom is -0.497 e. The smallest absolute Gasteiger partial charge is 0.259 e. The van der Waals surface area contributed by atoms with Crippen LogP contribution in [0.5, 0.6) is 5.75 Å². The Morgan fingerprint density at radius 1 is 0.897 bits per heavy atom. The average Bonchev–Trinajstić information content (AvgIpc) is 3.34. The maximum atomic E-state index is 13.4. The number of carbonyl (C=O) groups is 3. The number of anilines is 1. The fraction of sp³-hybridized carbons (Fsp3) is 0.318. The van der Waals surface area contributed by atoms with Crippen LogP contribution in [0.25, 0.3) is 0 Å². The number of methoxy groups -OCH3 is 1. The van der Waals surface area contributed by atoms with Gasteiger partial charge in [0.1, 0.15) is 11.8 Å². The Labute approximate surface area is 168 Å². The third kappa shape index (κ3) is 2.50. The molecule has 7 heteroatoms. The van der Waals surface area contributed by atoms with Crippen LogP contribution in [-0.4, -0.2) is 47.4 Å². The van der Waals surface area contributed by atoms with Crippen LogP contribution in [-0.2, 0) is 14.4 Å². The molecule has 3 heterocycles. The normalized spacial score (nSPS) is 26.3. The predicted molar refractivity (Wildman–Crippen MR) is 105 cm³/mol. The number of hydrogen-bond acceptors (Lipinski definition) is 5. The van der Waals surface area contributed by atoms with Crippen molar-refractivity contribution in [3.05, 3.63) is 59.7 Å². The molecule has 0 unspecified atom stereocenters. The van der Waals surface area contributed by atoms with Crippen molar-refractivity contribution in [1.82, 2.24) is 10.0 Å². The van der Waals surface area contributed by atoms with Crippen molar-refractivity contribution in [2.75, 3.05) is 18.6 Å². The summed E-state index contributed by atoms with van der Waals surface area (Å²) in [6.07, 6.45) is 0.349. The lowest BCUT2D eigenvalue weighted by atomic mass is 9.89. The Kier molecular flexibility index (Phi) is 3.96. The van der Waals surface area contributed by atoms with E-state index in [1.807, 2.05) is 48.3 Å².